The fourth-order valence-electron chi connectivity index (χ4n) is 4.55. The van der Waals surface area contributed by atoms with E-state index in [4.69, 9.17) is 4.74 Å². The number of carbonyl (C=O) groups is 2. The Morgan fingerprint density at radius 1 is 1.10 bits per heavy atom. The van der Waals surface area contributed by atoms with Gasteiger partial charge in [0, 0.05) is 49.9 Å². The van der Waals surface area contributed by atoms with Gasteiger partial charge in [-0.2, -0.15) is 0 Å². The smallest absolute Gasteiger partial charge is 0.251 e. The molecule has 0 bridgehead atoms. The summed E-state index contributed by atoms with van der Waals surface area (Å²) in [5.41, 5.74) is 1.59. The molecule has 30 heavy (non-hydrogen) atoms. The predicted molar refractivity (Wildman–Crippen MR) is 117 cm³/mol. The molecule has 162 valence electrons. The van der Waals surface area contributed by atoms with Gasteiger partial charge >= 0.3 is 0 Å². The van der Waals surface area contributed by atoms with Gasteiger partial charge in [0.15, 0.2) is 0 Å². The lowest BCUT2D eigenvalue weighted by Gasteiger charge is -2.38. The van der Waals surface area contributed by atoms with Gasteiger partial charge in [-0.15, -0.1) is 0 Å². The molecular formula is C24H33N3O3. The number of ether oxygens (including phenoxy) is 1. The Morgan fingerprint density at radius 2 is 1.80 bits per heavy atom. The average molecular weight is 412 g/mol. The largest absolute Gasteiger partial charge is 0.373 e. The summed E-state index contributed by atoms with van der Waals surface area (Å²) >= 11 is 0. The summed E-state index contributed by atoms with van der Waals surface area (Å²) in [6.45, 7) is 7.83. The first-order valence-electron chi connectivity index (χ1n) is 11.3. The molecule has 3 aliphatic rings. The number of morpholine rings is 1. The van der Waals surface area contributed by atoms with Crippen LogP contribution in [0.5, 0.6) is 0 Å². The monoisotopic (exact) mass is 411 g/mol. The van der Waals surface area contributed by atoms with Crippen LogP contribution in [0.3, 0.4) is 0 Å². The quantitative estimate of drug-likeness (QED) is 0.731. The number of hydrogen-bond donors (Lipinski definition) is 1. The highest BCUT2D eigenvalue weighted by atomic mass is 16.5. The van der Waals surface area contributed by atoms with E-state index in [2.05, 4.69) is 24.1 Å². The number of hydrogen-bond acceptors (Lipinski definition) is 4. The van der Waals surface area contributed by atoms with E-state index in [-0.39, 0.29) is 30.1 Å². The molecular weight excluding hydrogens is 378 g/mol. The van der Waals surface area contributed by atoms with Gasteiger partial charge in [-0.1, -0.05) is 12.1 Å². The molecule has 2 saturated heterocycles. The van der Waals surface area contributed by atoms with Crippen LogP contribution in [-0.2, 0) is 9.53 Å². The lowest BCUT2D eigenvalue weighted by atomic mass is 10.1. The van der Waals surface area contributed by atoms with Gasteiger partial charge in [0.25, 0.3) is 5.91 Å². The summed E-state index contributed by atoms with van der Waals surface area (Å²) in [5.74, 6) is 0.0539. The van der Waals surface area contributed by atoms with E-state index in [9.17, 15) is 9.59 Å². The van der Waals surface area contributed by atoms with Gasteiger partial charge in [0.05, 0.1) is 12.2 Å². The number of likely N-dealkylation sites (tertiary alicyclic amines) is 1. The van der Waals surface area contributed by atoms with Crippen LogP contribution in [0.4, 0.5) is 0 Å². The van der Waals surface area contributed by atoms with Crippen molar-refractivity contribution in [3.05, 3.63) is 41.5 Å². The minimum Gasteiger partial charge on any atom is -0.373 e. The highest BCUT2D eigenvalue weighted by molar-refractivity contribution is 5.95. The Balaban J connectivity index is 1.31. The molecule has 3 unspecified atom stereocenters. The highest BCUT2D eigenvalue weighted by Crippen LogP contribution is 2.22. The molecule has 6 nitrogen and oxygen atoms in total. The Bertz CT molecular complexity index is 777. The summed E-state index contributed by atoms with van der Waals surface area (Å²) in [6, 6.07) is 8.05. The lowest BCUT2D eigenvalue weighted by molar-refractivity contribution is -0.127. The average Bonchev–Trinajstić information content (AvgIpc) is 3.41. The number of nitrogens with zero attached hydrogens (tertiary/aromatic N) is 2. The first-order chi connectivity index (χ1) is 14.5. The molecule has 1 aromatic rings. The van der Waals surface area contributed by atoms with Crippen LogP contribution in [0, 0.1) is 0 Å². The van der Waals surface area contributed by atoms with Crippen LogP contribution in [-0.4, -0.2) is 72.1 Å². The zero-order chi connectivity index (χ0) is 21.1. The van der Waals surface area contributed by atoms with Gasteiger partial charge in [0.2, 0.25) is 5.91 Å². The maximum atomic E-state index is 12.8. The van der Waals surface area contributed by atoms with Crippen molar-refractivity contribution in [2.45, 2.75) is 63.8 Å². The standard InChI is InChI=1S/C24H33N3O3/c1-17-14-26(15-18(2)30-17)16-22-4-3-13-27(22)23(28)12-7-19-5-8-20(9-6-19)24(29)25-21-10-11-21/h5-9,12,17-18,21-22H,3-4,10-11,13-16H2,1-2H3,(H,25,29)/b12-7+. The molecule has 0 spiro atoms. The SMILES string of the molecule is CC1CN(CC2CCCN2C(=O)/C=C/c2ccc(C(=O)NC3CC3)cc2)CC(C)O1. The molecule has 0 radical (unpaired) electrons. The van der Waals surface area contributed by atoms with Crippen LogP contribution in [0.25, 0.3) is 6.08 Å². The van der Waals surface area contributed by atoms with Crippen molar-refractivity contribution in [2.24, 2.45) is 0 Å². The molecule has 1 aliphatic carbocycles. The molecule has 1 N–H and O–H groups in total. The van der Waals surface area contributed by atoms with E-state index >= 15 is 0 Å². The Labute approximate surface area is 179 Å². The topological polar surface area (TPSA) is 61.9 Å². The third kappa shape index (κ3) is 5.49. The van der Waals surface area contributed by atoms with Crippen molar-refractivity contribution in [3.63, 3.8) is 0 Å². The lowest BCUT2D eigenvalue weighted by Crippen LogP contribution is -2.50. The van der Waals surface area contributed by atoms with Crippen molar-refractivity contribution in [3.8, 4) is 0 Å². The van der Waals surface area contributed by atoms with Crippen molar-refractivity contribution in [2.75, 3.05) is 26.2 Å². The molecule has 2 aliphatic heterocycles. The number of nitrogens with one attached hydrogen (secondary N) is 1. The first kappa shape index (κ1) is 21.1. The van der Waals surface area contributed by atoms with Crippen molar-refractivity contribution >= 4 is 17.9 Å². The molecule has 3 atom stereocenters. The fourth-order valence-corrected chi connectivity index (χ4v) is 4.55. The van der Waals surface area contributed by atoms with Crippen LogP contribution < -0.4 is 5.32 Å². The minimum absolute atomic E-state index is 0.0178. The predicted octanol–water partition coefficient (Wildman–Crippen LogP) is 2.69. The van der Waals surface area contributed by atoms with E-state index in [1.54, 1.807) is 6.08 Å². The van der Waals surface area contributed by atoms with Crippen molar-refractivity contribution in [1.29, 1.82) is 0 Å². The van der Waals surface area contributed by atoms with Crippen LogP contribution in [0.15, 0.2) is 30.3 Å². The molecule has 1 saturated carbocycles. The summed E-state index contributed by atoms with van der Waals surface area (Å²) in [7, 11) is 0. The minimum atomic E-state index is -0.0178. The van der Waals surface area contributed by atoms with E-state index < -0.39 is 0 Å². The third-order valence-corrected chi connectivity index (χ3v) is 6.13. The molecule has 1 aromatic carbocycles. The van der Waals surface area contributed by atoms with E-state index in [0.29, 0.717) is 11.6 Å². The van der Waals surface area contributed by atoms with Gasteiger partial charge in [-0.25, -0.2) is 0 Å². The van der Waals surface area contributed by atoms with Gasteiger partial charge < -0.3 is 15.0 Å². The van der Waals surface area contributed by atoms with Crippen LogP contribution in [0.1, 0.15) is 55.5 Å². The highest BCUT2D eigenvalue weighted by Gasteiger charge is 2.31. The van der Waals surface area contributed by atoms with Gasteiger partial charge in [0.1, 0.15) is 0 Å². The summed E-state index contributed by atoms with van der Waals surface area (Å²) in [5, 5.41) is 2.99. The summed E-state index contributed by atoms with van der Waals surface area (Å²) in [6.07, 6.45) is 8.28. The van der Waals surface area contributed by atoms with Gasteiger partial charge in [-0.3, -0.25) is 14.5 Å². The number of amides is 2. The van der Waals surface area contributed by atoms with Crippen LogP contribution in [0.2, 0.25) is 0 Å². The maximum absolute atomic E-state index is 12.8. The second-order valence-corrected chi connectivity index (χ2v) is 9.01. The maximum Gasteiger partial charge on any atom is 0.251 e. The molecule has 0 aromatic heterocycles. The molecule has 6 heteroatoms. The van der Waals surface area contributed by atoms with E-state index in [0.717, 1.165) is 57.4 Å². The van der Waals surface area contributed by atoms with E-state index in [1.165, 1.54) is 0 Å². The zero-order valence-electron chi connectivity index (χ0n) is 18.0. The Hall–Kier alpha value is -2.18. The van der Waals surface area contributed by atoms with Crippen molar-refractivity contribution < 1.29 is 14.3 Å². The van der Waals surface area contributed by atoms with E-state index in [1.807, 2.05) is 35.2 Å². The van der Waals surface area contributed by atoms with Crippen molar-refractivity contribution in [1.82, 2.24) is 15.1 Å². The Kier molecular flexibility index (Phi) is 6.54. The molecule has 2 heterocycles. The summed E-state index contributed by atoms with van der Waals surface area (Å²) < 4.78 is 5.83. The second-order valence-electron chi connectivity index (χ2n) is 9.01. The summed E-state index contributed by atoms with van der Waals surface area (Å²) in [4.78, 5) is 29.4. The number of rotatable bonds is 6. The zero-order valence-corrected chi connectivity index (χ0v) is 18.0. The normalized spacial score (nSPS) is 27.5. The van der Waals surface area contributed by atoms with Crippen LogP contribution >= 0.6 is 0 Å². The molecule has 4 rings (SSSR count). The first-order valence-corrected chi connectivity index (χ1v) is 11.3. The third-order valence-electron chi connectivity index (χ3n) is 6.13. The second kappa shape index (κ2) is 9.31. The number of carbonyl (C=O) groups excluding carboxylic acids is 2. The Morgan fingerprint density at radius 3 is 2.47 bits per heavy atom. The molecule has 2 amide bonds. The fraction of sp³-hybridized carbons (Fsp3) is 0.583. The molecule has 3 fully saturated rings. The number of benzene rings is 1. The van der Waals surface area contributed by atoms with Gasteiger partial charge in [-0.05, 0) is 63.3 Å².